The van der Waals surface area contributed by atoms with E-state index in [-0.39, 0.29) is 23.8 Å². The molecule has 0 saturated carbocycles. The Morgan fingerprint density at radius 3 is 1.61 bits per heavy atom. The number of hydrogen-bond acceptors (Lipinski definition) is 8. The number of aromatic nitrogens is 8. The van der Waals surface area contributed by atoms with Crippen LogP contribution in [-0.4, -0.2) is 69.2 Å². The minimum atomic E-state index is -0.559. The van der Waals surface area contributed by atoms with Crippen LogP contribution in [0.2, 0.25) is 0 Å². The molecule has 10 aromatic rings. The first-order valence-corrected chi connectivity index (χ1v) is 23.2. The van der Waals surface area contributed by atoms with Crippen LogP contribution in [-0.2, 0) is 11.8 Å². The van der Waals surface area contributed by atoms with E-state index >= 15 is 0 Å². The number of hydrogen-bond donors (Lipinski definition) is 0. The number of amides is 1. The van der Waals surface area contributed by atoms with E-state index in [0.717, 1.165) is 77.7 Å². The van der Waals surface area contributed by atoms with Crippen LogP contribution in [0.1, 0.15) is 39.7 Å². The zero-order valence-electron chi connectivity index (χ0n) is 39.2. The summed E-state index contributed by atoms with van der Waals surface area (Å²) in [5.41, 5.74) is 12.1. The summed E-state index contributed by atoms with van der Waals surface area (Å²) in [6, 6.07) is 41.3. The van der Waals surface area contributed by atoms with Crippen LogP contribution < -0.4 is 0 Å². The van der Waals surface area contributed by atoms with Gasteiger partial charge in [0.15, 0.2) is 11.3 Å². The number of pyridine rings is 4. The Morgan fingerprint density at radius 1 is 0.586 bits per heavy atom. The van der Waals surface area contributed by atoms with Crippen LogP contribution in [0.5, 0.6) is 0 Å². The van der Waals surface area contributed by atoms with E-state index in [1.165, 1.54) is 24.3 Å². The number of aryl methyl sites for hydroxylation is 1. The van der Waals surface area contributed by atoms with Gasteiger partial charge in [-0.25, -0.2) is 28.2 Å². The number of ether oxygens (including phenoxy) is 1. The fourth-order valence-corrected chi connectivity index (χ4v) is 9.14. The van der Waals surface area contributed by atoms with Crippen molar-refractivity contribution in [2.75, 3.05) is 13.1 Å². The van der Waals surface area contributed by atoms with Crippen LogP contribution in [0.15, 0.2) is 171 Å². The summed E-state index contributed by atoms with van der Waals surface area (Å²) in [5, 5.41) is 11.3. The topological polar surface area (TPSA) is 117 Å². The second kappa shape index (κ2) is 19.3. The highest BCUT2D eigenvalue weighted by Gasteiger charge is 2.30. The first-order chi connectivity index (χ1) is 34.0. The summed E-state index contributed by atoms with van der Waals surface area (Å²) in [6.07, 6.45) is 12.0. The molecule has 0 N–H and O–H groups in total. The van der Waals surface area contributed by atoms with Gasteiger partial charge in [-0.2, -0.15) is 10.2 Å². The number of piperidine rings is 1. The van der Waals surface area contributed by atoms with Crippen molar-refractivity contribution in [1.82, 2.24) is 44.4 Å². The molecule has 7 heterocycles. The van der Waals surface area contributed by atoms with Crippen LogP contribution in [0, 0.1) is 11.6 Å². The number of nitrogens with zero attached hydrogens (tertiary/aromatic N) is 9. The van der Waals surface area contributed by atoms with Crippen molar-refractivity contribution in [2.24, 2.45) is 7.05 Å². The molecule has 70 heavy (non-hydrogen) atoms. The van der Waals surface area contributed by atoms with E-state index < -0.39 is 5.60 Å². The maximum Gasteiger partial charge on any atom is 0.410 e. The SMILES string of the molecule is CC(C)(C)OC(=O)N1CCC(n2ncc3c(-c4ccc(F)cc4)c(-c4ccncc4)c(-c4ccc(F)cc4)nc32)CC1.Cn1cc2c(-c3ccccc3)c(-c3ccncc3)c(-c3ccccc3)nc2n1. The molecule has 1 aliphatic rings. The number of halogens is 2. The second-order valence-electron chi connectivity index (χ2n) is 18.2. The second-order valence-corrected chi connectivity index (χ2v) is 18.2. The van der Waals surface area contributed by atoms with Crippen molar-refractivity contribution in [3.8, 4) is 67.0 Å². The van der Waals surface area contributed by atoms with Crippen LogP contribution >= 0.6 is 0 Å². The largest absolute Gasteiger partial charge is 0.444 e. The molecule has 1 amide bonds. The minimum Gasteiger partial charge on any atom is -0.444 e. The molecule has 11 rings (SSSR count). The summed E-state index contributed by atoms with van der Waals surface area (Å²) in [7, 11) is 1.94. The van der Waals surface area contributed by atoms with Gasteiger partial charge in [-0.05, 0) is 117 Å². The average molecular weight is 930 g/mol. The fraction of sp³-hybridized carbons (Fsp3) is 0.175. The first kappa shape index (κ1) is 45.3. The van der Waals surface area contributed by atoms with Gasteiger partial charge in [0, 0.05) is 95.3 Å². The van der Waals surface area contributed by atoms with Crippen molar-refractivity contribution < 1.29 is 18.3 Å². The quantitative estimate of drug-likeness (QED) is 0.155. The smallest absolute Gasteiger partial charge is 0.410 e. The maximum atomic E-state index is 14.0. The predicted octanol–water partition coefficient (Wildman–Crippen LogP) is 13.0. The summed E-state index contributed by atoms with van der Waals surface area (Å²) in [6.45, 7) is 6.64. The number of rotatable bonds is 7. The molecule has 1 aliphatic heterocycles. The highest BCUT2D eigenvalue weighted by atomic mass is 19.1. The van der Waals surface area contributed by atoms with E-state index in [1.54, 1.807) is 47.8 Å². The molecule has 348 valence electrons. The van der Waals surface area contributed by atoms with Crippen molar-refractivity contribution in [3.63, 3.8) is 0 Å². The van der Waals surface area contributed by atoms with Crippen molar-refractivity contribution in [2.45, 2.75) is 45.3 Å². The Bertz CT molecular complexity index is 3430. The molecule has 0 bridgehead atoms. The lowest BCUT2D eigenvalue weighted by molar-refractivity contribution is 0.0186. The molecule has 0 unspecified atom stereocenters. The maximum absolute atomic E-state index is 14.0. The average Bonchev–Trinajstić information content (AvgIpc) is 3.99. The molecule has 13 heteroatoms. The molecule has 0 aliphatic carbocycles. The van der Waals surface area contributed by atoms with Gasteiger partial charge < -0.3 is 9.64 Å². The van der Waals surface area contributed by atoms with Gasteiger partial charge in [0.05, 0.1) is 23.6 Å². The number of carbonyl (C=O) groups is 1. The standard InChI is InChI=1S/C33H31F2N5O2.C24H18N4/c1-33(2,3)42-32(41)39-18-14-26(15-19-39)40-31-27(20-37-40)28(21-4-8-24(34)9-5-21)29(22-12-16-36-17-13-22)30(38-31)23-6-10-25(35)11-7-23;1-28-16-20-21(17-8-4-2-5-9-17)22(18-12-14-25-15-13-18)23(26-24(20)27-28)19-10-6-3-7-11-19/h4-13,16-17,20,26H,14-15,18-19H2,1-3H3;2-16H,1H3. The van der Waals surface area contributed by atoms with Crippen LogP contribution in [0.3, 0.4) is 0 Å². The lowest BCUT2D eigenvalue weighted by Crippen LogP contribution is -2.42. The van der Waals surface area contributed by atoms with Gasteiger partial charge in [0.25, 0.3) is 0 Å². The van der Waals surface area contributed by atoms with E-state index in [9.17, 15) is 13.6 Å². The molecular weight excluding hydrogens is 881 g/mol. The fourth-order valence-electron chi connectivity index (χ4n) is 9.14. The van der Waals surface area contributed by atoms with E-state index in [2.05, 4.69) is 51.5 Å². The van der Waals surface area contributed by atoms with Crippen molar-refractivity contribution in [3.05, 3.63) is 182 Å². The van der Waals surface area contributed by atoms with Gasteiger partial charge in [0.1, 0.15) is 17.2 Å². The summed E-state index contributed by atoms with van der Waals surface area (Å²) < 4.78 is 37.3. The molecule has 0 spiro atoms. The zero-order chi connectivity index (χ0) is 48.4. The van der Waals surface area contributed by atoms with Gasteiger partial charge in [-0.1, -0.05) is 72.8 Å². The number of carbonyl (C=O) groups excluding carboxylic acids is 1. The van der Waals surface area contributed by atoms with Crippen molar-refractivity contribution >= 4 is 28.2 Å². The molecule has 0 radical (unpaired) electrons. The monoisotopic (exact) mass is 929 g/mol. The Morgan fingerprint density at radius 2 is 1.06 bits per heavy atom. The van der Waals surface area contributed by atoms with Gasteiger partial charge in [-0.3, -0.25) is 14.6 Å². The summed E-state index contributed by atoms with van der Waals surface area (Å²) >= 11 is 0. The minimum absolute atomic E-state index is 0.00241. The molecule has 6 aromatic heterocycles. The third-order valence-corrected chi connectivity index (χ3v) is 12.3. The zero-order valence-corrected chi connectivity index (χ0v) is 39.2. The number of fused-ring (bicyclic) bond motifs is 2. The molecule has 11 nitrogen and oxygen atoms in total. The summed E-state index contributed by atoms with van der Waals surface area (Å²) in [4.78, 5) is 32.9. The first-order valence-electron chi connectivity index (χ1n) is 23.2. The molecule has 1 fully saturated rings. The van der Waals surface area contributed by atoms with E-state index in [1.807, 2.05) is 104 Å². The van der Waals surface area contributed by atoms with Crippen molar-refractivity contribution in [1.29, 1.82) is 0 Å². The normalized spacial score (nSPS) is 13.0. The van der Waals surface area contributed by atoms with Crippen LogP contribution in [0.25, 0.3) is 89.1 Å². The Hall–Kier alpha value is -8.45. The number of benzene rings is 4. The number of likely N-dealkylation sites (tertiary alicyclic amines) is 1. The van der Waals surface area contributed by atoms with E-state index in [0.29, 0.717) is 37.3 Å². The van der Waals surface area contributed by atoms with Gasteiger partial charge in [0.2, 0.25) is 0 Å². The predicted molar refractivity (Wildman–Crippen MR) is 270 cm³/mol. The highest BCUT2D eigenvalue weighted by molar-refractivity contribution is 6.07. The molecule has 1 saturated heterocycles. The molecule has 4 aromatic carbocycles. The Balaban J connectivity index is 0.000000175. The van der Waals surface area contributed by atoms with E-state index in [4.69, 9.17) is 19.8 Å². The summed E-state index contributed by atoms with van der Waals surface area (Å²) in [5.74, 6) is -0.674. The highest BCUT2D eigenvalue weighted by Crippen LogP contribution is 2.45. The van der Waals surface area contributed by atoms with Crippen LogP contribution in [0.4, 0.5) is 13.6 Å². The Kier molecular flexibility index (Phi) is 12.5. The lowest BCUT2D eigenvalue weighted by atomic mass is 9.89. The van der Waals surface area contributed by atoms with Gasteiger partial charge >= 0.3 is 6.09 Å². The molecular formula is C57H49F2N9O2. The van der Waals surface area contributed by atoms with Gasteiger partial charge in [-0.15, -0.1) is 0 Å². The third kappa shape index (κ3) is 9.38. The lowest BCUT2D eigenvalue weighted by Gasteiger charge is -2.33. The Labute approximate surface area is 404 Å². The molecule has 0 atom stereocenters. The third-order valence-electron chi connectivity index (χ3n) is 12.3.